The second kappa shape index (κ2) is 11.2. The third-order valence-electron chi connectivity index (χ3n) is 6.63. The molecule has 1 amide bonds. The number of likely N-dealkylation sites (tertiary alicyclic amines) is 1. The number of nitrogens with zero attached hydrogens (tertiary/aromatic N) is 1. The van der Waals surface area contributed by atoms with E-state index in [0.29, 0.717) is 18.0 Å². The summed E-state index contributed by atoms with van der Waals surface area (Å²) in [6.07, 6.45) is 2.30. The fourth-order valence-corrected chi connectivity index (χ4v) is 4.64. The number of hydrogen-bond acceptors (Lipinski definition) is 4. The normalized spacial score (nSPS) is 14.6. The van der Waals surface area contributed by atoms with Crippen LogP contribution < -0.4 is 14.8 Å². The van der Waals surface area contributed by atoms with Crippen molar-refractivity contribution < 1.29 is 14.3 Å². The summed E-state index contributed by atoms with van der Waals surface area (Å²) in [6, 6.07) is 22.6. The Hall–Kier alpha value is -3.31. The van der Waals surface area contributed by atoms with Gasteiger partial charge in [-0.2, -0.15) is 0 Å². The monoisotopic (exact) mass is 458 g/mol. The highest BCUT2D eigenvalue weighted by Crippen LogP contribution is 2.31. The van der Waals surface area contributed by atoms with Crippen molar-refractivity contribution in [2.75, 3.05) is 27.3 Å². The van der Waals surface area contributed by atoms with Gasteiger partial charge >= 0.3 is 0 Å². The number of methoxy groups -OCH3 is 2. The maximum atomic E-state index is 12.4. The van der Waals surface area contributed by atoms with Crippen molar-refractivity contribution in [2.24, 2.45) is 0 Å². The Labute approximate surface area is 202 Å². The number of rotatable bonds is 8. The van der Waals surface area contributed by atoms with Gasteiger partial charge in [-0.1, -0.05) is 48.0 Å². The molecule has 34 heavy (non-hydrogen) atoms. The molecule has 178 valence electrons. The second-order valence-electron chi connectivity index (χ2n) is 9.03. The predicted molar refractivity (Wildman–Crippen MR) is 136 cm³/mol. The number of aryl methyl sites for hydroxylation is 1. The molecule has 4 rings (SSSR count). The van der Waals surface area contributed by atoms with Crippen LogP contribution in [-0.2, 0) is 13.1 Å². The van der Waals surface area contributed by atoms with Crippen molar-refractivity contribution in [1.29, 1.82) is 0 Å². The zero-order valence-corrected chi connectivity index (χ0v) is 20.3. The number of ether oxygens (including phenoxy) is 2. The molecule has 0 bridgehead atoms. The predicted octanol–water partition coefficient (Wildman–Crippen LogP) is 5.32. The number of amides is 1. The Morgan fingerprint density at radius 3 is 2.29 bits per heavy atom. The van der Waals surface area contributed by atoms with E-state index in [4.69, 9.17) is 9.47 Å². The second-order valence-corrected chi connectivity index (χ2v) is 9.03. The molecule has 0 radical (unpaired) electrons. The molecule has 1 aliphatic rings. The van der Waals surface area contributed by atoms with E-state index in [1.165, 1.54) is 11.1 Å². The summed E-state index contributed by atoms with van der Waals surface area (Å²) in [7, 11) is 3.34. The van der Waals surface area contributed by atoms with Crippen molar-refractivity contribution in [3.63, 3.8) is 0 Å². The minimum atomic E-state index is -0.0328. The molecule has 3 aromatic rings. The zero-order valence-electron chi connectivity index (χ0n) is 20.3. The Kier molecular flexibility index (Phi) is 7.86. The van der Waals surface area contributed by atoms with E-state index in [-0.39, 0.29) is 5.91 Å². The van der Waals surface area contributed by atoms with Crippen LogP contribution in [-0.4, -0.2) is 38.1 Å². The summed E-state index contributed by atoms with van der Waals surface area (Å²) >= 11 is 0. The molecule has 1 heterocycles. The van der Waals surface area contributed by atoms with E-state index < -0.39 is 0 Å². The molecular weight excluding hydrogens is 424 g/mol. The summed E-state index contributed by atoms with van der Waals surface area (Å²) in [4.78, 5) is 14.9. The Morgan fingerprint density at radius 2 is 1.62 bits per heavy atom. The van der Waals surface area contributed by atoms with Gasteiger partial charge in [-0.3, -0.25) is 9.69 Å². The molecule has 0 spiro atoms. The van der Waals surface area contributed by atoms with Gasteiger partial charge in [-0.25, -0.2) is 0 Å². The molecule has 0 saturated carbocycles. The molecule has 5 heteroatoms. The molecule has 5 nitrogen and oxygen atoms in total. The summed E-state index contributed by atoms with van der Waals surface area (Å²) in [6.45, 7) is 5.61. The summed E-state index contributed by atoms with van der Waals surface area (Å²) in [5.41, 5.74) is 5.55. The molecule has 1 saturated heterocycles. The highest BCUT2D eigenvalue weighted by atomic mass is 16.5. The molecule has 0 aromatic heterocycles. The first-order valence-corrected chi connectivity index (χ1v) is 11.9. The number of nitrogens with one attached hydrogen (secondary N) is 1. The maximum Gasteiger partial charge on any atom is 0.251 e. The first-order chi connectivity index (χ1) is 16.6. The number of piperidine rings is 1. The molecule has 0 unspecified atom stereocenters. The van der Waals surface area contributed by atoms with Crippen LogP contribution in [0.25, 0.3) is 0 Å². The van der Waals surface area contributed by atoms with E-state index in [9.17, 15) is 4.79 Å². The fourth-order valence-electron chi connectivity index (χ4n) is 4.64. The molecule has 3 aromatic carbocycles. The lowest BCUT2D eigenvalue weighted by Crippen LogP contribution is -2.32. The van der Waals surface area contributed by atoms with Gasteiger partial charge in [0, 0.05) is 18.7 Å². The van der Waals surface area contributed by atoms with Crippen LogP contribution in [0.3, 0.4) is 0 Å². The SMILES string of the molecule is COc1ccc(CN2CCC(c3ccc(CNC(=O)c4cccc(C)c4)cc3)CC2)cc1OC. The molecule has 1 fully saturated rings. The van der Waals surface area contributed by atoms with Gasteiger partial charge in [0.25, 0.3) is 5.91 Å². The van der Waals surface area contributed by atoms with Crippen LogP contribution >= 0.6 is 0 Å². The third kappa shape index (κ3) is 5.97. The van der Waals surface area contributed by atoms with Crippen molar-refractivity contribution >= 4 is 5.91 Å². The topological polar surface area (TPSA) is 50.8 Å². The third-order valence-corrected chi connectivity index (χ3v) is 6.63. The molecule has 0 atom stereocenters. The maximum absolute atomic E-state index is 12.4. The van der Waals surface area contributed by atoms with Crippen molar-refractivity contribution in [2.45, 2.75) is 38.8 Å². The molecule has 1 N–H and O–H groups in total. The summed E-state index contributed by atoms with van der Waals surface area (Å²) < 4.78 is 10.8. The minimum Gasteiger partial charge on any atom is -0.493 e. The van der Waals surface area contributed by atoms with Crippen LogP contribution in [0, 0.1) is 6.92 Å². The highest BCUT2D eigenvalue weighted by molar-refractivity contribution is 5.94. The molecule has 0 aliphatic carbocycles. The number of benzene rings is 3. The van der Waals surface area contributed by atoms with Gasteiger partial charge < -0.3 is 14.8 Å². The molecule has 1 aliphatic heterocycles. The van der Waals surface area contributed by atoms with Gasteiger partial charge in [-0.15, -0.1) is 0 Å². The highest BCUT2D eigenvalue weighted by Gasteiger charge is 2.21. The molecular formula is C29H34N2O3. The Balaban J connectivity index is 1.26. The van der Waals surface area contributed by atoms with Gasteiger partial charge in [0.05, 0.1) is 14.2 Å². The van der Waals surface area contributed by atoms with E-state index in [2.05, 4.69) is 46.6 Å². The van der Waals surface area contributed by atoms with Crippen molar-refractivity contribution in [3.8, 4) is 11.5 Å². The number of hydrogen-bond donors (Lipinski definition) is 1. The Bertz CT molecular complexity index is 1100. The van der Waals surface area contributed by atoms with Crippen LogP contribution in [0.1, 0.15) is 51.4 Å². The van der Waals surface area contributed by atoms with E-state index >= 15 is 0 Å². The van der Waals surface area contributed by atoms with Gasteiger partial charge in [0.2, 0.25) is 0 Å². The van der Waals surface area contributed by atoms with E-state index in [1.807, 2.05) is 37.3 Å². The quantitative estimate of drug-likeness (QED) is 0.496. The standard InChI is InChI=1S/C29H34N2O3/c1-21-5-4-6-26(17-21)29(32)30-19-22-7-10-24(11-8-22)25-13-15-31(16-14-25)20-23-9-12-27(33-2)28(18-23)34-3/h4-12,17-18,25H,13-16,19-20H2,1-3H3,(H,30,32). The average molecular weight is 459 g/mol. The van der Waals surface area contributed by atoms with E-state index in [1.54, 1.807) is 14.2 Å². The van der Waals surface area contributed by atoms with E-state index in [0.717, 1.165) is 55.1 Å². The van der Waals surface area contributed by atoms with Crippen molar-refractivity contribution in [3.05, 3.63) is 94.5 Å². The first-order valence-electron chi connectivity index (χ1n) is 11.9. The number of carbonyl (C=O) groups excluding carboxylic acids is 1. The van der Waals surface area contributed by atoms with Gasteiger partial charge in [0.15, 0.2) is 11.5 Å². The average Bonchev–Trinajstić information content (AvgIpc) is 2.88. The lowest BCUT2D eigenvalue weighted by molar-refractivity contribution is 0.0951. The fraction of sp³-hybridized carbons (Fsp3) is 0.345. The smallest absolute Gasteiger partial charge is 0.251 e. The lowest BCUT2D eigenvalue weighted by atomic mass is 9.89. The minimum absolute atomic E-state index is 0.0328. The largest absolute Gasteiger partial charge is 0.493 e. The van der Waals surface area contributed by atoms with Crippen molar-refractivity contribution in [1.82, 2.24) is 10.2 Å². The summed E-state index contributed by atoms with van der Waals surface area (Å²) in [5.74, 6) is 2.10. The van der Waals surface area contributed by atoms with Crippen LogP contribution in [0.2, 0.25) is 0 Å². The Morgan fingerprint density at radius 1 is 0.912 bits per heavy atom. The summed E-state index contributed by atoms with van der Waals surface area (Å²) in [5, 5.41) is 3.02. The lowest BCUT2D eigenvalue weighted by Gasteiger charge is -2.32. The first kappa shape index (κ1) is 23.8. The van der Waals surface area contributed by atoms with Crippen LogP contribution in [0.5, 0.6) is 11.5 Å². The van der Waals surface area contributed by atoms with Crippen LogP contribution in [0.4, 0.5) is 0 Å². The zero-order chi connectivity index (χ0) is 23.9. The van der Waals surface area contributed by atoms with Gasteiger partial charge in [0.1, 0.15) is 0 Å². The number of carbonyl (C=O) groups is 1. The van der Waals surface area contributed by atoms with Crippen LogP contribution in [0.15, 0.2) is 66.7 Å². The van der Waals surface area contributed by atoms with Gasteiger partial charge in [-0.05, 0) is 79.7 Å².